The van der Waals surface area contributed by atoms with E-state index in [0.29, 0.717) is 10.6 Å². The molecule has 0 atom stereocenters. The molecule has 0 aliphatic carbocycles. The van der Waals surface area contributed by atoms with Gasteiger partial charge in [-0.25, -0.2) is 4.79 Å². The van der Waals surface area contributed by atoms with Gasteiger partial charge >= 0.3 is 5.97 Å². The number of carboxylic acids is 1. The van der Waals surface area contributed by atoms with Gasteiger partial charge in [0.15, 0.2) is 0 Å². The maximum absolute atomic E-state index is 10.9. The molecular weight excluding hydrogens is 252 g/mol. The first-order valence-corrected chi connectivity index (χ1v) is 5.72. The summed E-state index contributed by atoms with van der Waals surface area (Å²) in [5.74, 6) is -0.994. The minimum Gasteiger partial charge on any atom is -0.478 e. The maximum Gasteiger partial charge on any atom is 0.335 e. The summed E-state index contributed by atoms with van der Waals surface area (Å²) in [4.78, 5) is 10.9. The summed E-state index contributed by atoms with van der Waals surface area (Å²) in [6.07, 6.45) is 0. The van der Waals surface area contributed by atoms with Crippen LogP contribution in [0.1, 0.15) is 15.9 Å². The standard InChI is InChI=1S/C14H11ClO3/c15-13-5-4-11(14(17)18)7-12(13)10-3-1-2-9(6-10)8-16/h1-7,16H,8H2,(H,17,18). The lowest BCUT2D eigenvalue weighted by Gasteiger charge is -2.07. The van der Waals surface area contributed by atoms with Crippen molar-refractivity contribution in [1.82, 2.24) is 0 Å². The smallest absolute Gasteiger partial charge is 0.335 e. The van der Waals surface area contributed by atoms with Crippen LogP contribution in [0.5, 0.6) is 0 Å². The highest BCUT2D eigenvalue weighted by atomic mass is 35.5. The van der Waals surface area contributed by atoms with Crippen molar-refractivity contribution in [3.8, 4) is 11.1 Å². The molecule has 2 aromatic carbocycles. The lowest BCUT2D eigenvalue weighted by molar-refractivity contribution is 0.0697. The fraction of sp³-hybridized carbons (Fsp3) is 0.0714. The number of benzene rings is 2. The Balaban J connectivity index is 2.54. The van der Waals surface area contributed by atoms with Crippen LogP contribution in [-0.4, -0.2) is 16.2 Å². The Labute approximate surface area is 109 Å². The lowest BCUT2D eigenvalue weighted by Crippen LogP contribution is -1.96. The zero-order valence-electron chi connectivity index (χ0n) is 9.43. The molecule has 0 radical (unpaired) electrons. The predicted octanol–water partition coefficient (Wildman–Crippen LogP) is 3.20. The van der Waals surface area contributed by atoms with E-state index in [1.165, 1.54) is 12.1 Å². The van der Waals surface area contributed by atoms with E-state index in [1.807, 2.05) is 6.07 Å². The number of hydrogen-bond donors (Lipinski definition) is 2. The van der Waals surface area contributed by atoms with Crippen molar-refractivity contribution in [2.24, 2.45) is 0 Å². The molecule has 0 fully saturated rings. The average molecular weight is 263 g/mol. The zero-order valence-corrected chi connectivity index (χ0v) is 10.2. The molecule has 0 saturated carbocycles. The number of rotatable bonds is 3. The van der Waals surface area contributed by atoms with Gasteiger partial charge in [0.25, 0.3) is 0 Å². The molecule has 0 aliphatic rings. The predicted molar refractivity (Wildman–Crippen MR) is 69.8 cm³/mol. The van der Waals surface area contributed by atoms with E-state index in [4.69, 9.17) is 21.8 Å². The van der Waals surface area contributed by atoms with Crippen molar-refractivity contribution in [3.63, 3.8) is 0 Å². The van der Waals surface area contributed by atoms with Gasteiger partial charge < -0.3 is 10.2 Å². The van der Waals surface area contributed by atoms with E-state index >= 15 is 0 Å². The lowest BCUT2D eigenvalue weighted by atomic mass is 10.0. The molecule has 0 aromatic heterocycles. The van der Waals surface area contributed by atoms with Crippen molar-refractivity contribution in [1.29, 1.82) is 0 Å². The van der Waals surface area contributed by atoms with Crippen molar-refractivity contribution in [2.75, 3.05) is 0 Å². The molecule has 18 heavy (non-hydrogen) atoms. The number of aliphatic hydroxyl groups excluding tert-OH is 1. The minimum atomic E-state index is -0.994. The Bertz CT molecular complexity index is 593. The van der Waals surface area contributed by atoms with E-state index < -0.39 is 5.97 Å². The second kappa shape index (κ2) is 5.21. The quantitative estimate of drug-likeness (QED) is 0.893. The van der Waals surface area contributed by atoms with Crippen LogP contribution in [0.3, 0.4) is 0 Å². The highest BCUT2D eigenvalue weighted by Crippen LogP contribution is 2.29. The van der Waals surface area contributed by atoms with E-state index in [9.17, 15) is 4.79 Å². The third kappa shape index (κ3) is 2.53. The third-order valence-corrected chi connectivity index (χ3v) is 2.96. The number of carbonyl (C=O) groups is 1. The highest BCUT2D eigenvalue weighted by Gasteiger charge is 2.09. The number of hydrogen-bond acceptors (Lipinski definition) is 2. The average Bonchev–Trinajstić information content (AvgIpc) is 2.39. The van der Waals surface area contributed by atoms with E-state index in [-0.39, 0.29) is 12.2 Å². The Morgan fingerprint density at radius 1 is 1.17 bits per heavy atom. The molecule has 0 spiro atoms. The summed E-state index contributed by atoms with van der Waals surface area (Å²) in [6.45, 7) is -0.0654. The molecule has 2 rings (SSSR count). The summed E-state index contributed by atoms with van der Waals surface area (Å²) in [6, 6.07) is 11.7. The Morgan fingerprint density at radius 2 is 1.94 bits per heavy atom. The van der Waals surface area contributed by atoms with Crippen molar-refractivity contribution in [3.05, 3.63) is 58.6 Å². The number of aliphatic hydroxyl groups is 1. The number of aromatic carboxylic acids is 1. The normalized spacial score (nSPS) is 10.3. The van der Waals surface area contributed by atoms with Crippen LogP contribution in [0.25, 0.3) is 11.1 Å². The van der Waals surface area contributed by atoms with Crippen LogP contribution in [0.2, 0.25) is 5.02 Å². The van der Waals surface area contributed by atoms with Gasteiger partial charge in [-0.15, -0.1) is 0 Å². The maximum atomic E-state index is 10.9. The Morgan fingerprint density at radius 3 is 2.61 bits per heavy atom. The van der Waals surface area contributed by atoms with Gasteiger partial charge in [0.2, 0.25) is 0 Å². The summed E-state index contributed by atoms with van der Waals surface area (Å²) in [5.41, 5.74) is 2.37. The number of carboxylic acid groups (broad SMARTS) is 1. The van der Waals surface area contributed by atoms with Crippen LogP contribution < -0.4 is 0 Å². The molecule has 0 aliphatic heterocycles. The SMILES string of the molecule is O=C(O)c1ccc(Cl)c(-c2cccc(CO)c2)c1. The molecule has 2 N–H and O–H groups in total. The van der Waals surface area contributed by atoms with Crippen molar-refractivity contribution in [2.45, 2.75) is 6.61 Å². The molecule has 3 nitrogen and oxygen atoms in total. The van der Waals surface area contributed by atoms with Crippen LogP contribution in [0.15, 0.2) is 42.5 Å². The van der Waals surface area contributed by atoms with Gasteiger partial charge in [-0.1, -0.05) is 29.8 Å². The summed E-state index contributed by atoms with van der Waals surface area (Å²) >= 11 is 6.08. The molecule has 0 unspecified atom stereocenters. The third-order valence-electron chi connectivity index (χ3n) is 2.63. The van der Waals surface area contributed by atoms with Crippen molar-refractivity contribution < 1.29 is 15.0 Å². The summed E-state index contributed by atoms with van der Waals surface area (Å²) in [7, 11) is 0. The van der Waals surface area contributed by atoms with Gasteiger partial charge in [0, 0.05) is 10.6 Å². The van der Waals surface area contributed by atoms with E-state index in [2.05, 4.69) is 0 Å². The Hall–Kier alpha value is -1.84. The van der Waals surface area contributed by atoms with Gasteiger partial charge in [-0.3, -0.25) is 0 Å². The topological polar surface area (TPSA) is 57.5 Å². The van der Waals surface area contributed by atoms with Crippen LogP contribution >= 0.6 is 11.6 Å². The van der Waals surface area contributed by atoms with Crippen LogP contribution in [0.4, 0.5) is 0 Å². The number of halogens is 1. The second-order valence-electron chi connectivity index (χ2n) is 3.86. The first-order chi connectivity index (χ1) is 8.61. The van der Waals surface area contributed by atoms with Gasteiger partial charge in [-0.2, -0.15) is 0 Å². The molecule has 0 amide bonds. The minimum absolute atomic E-state index is 0.0654. The molecular formula is C14H11ClO3. The summed E-state index contributed by atoms with van der Waals surface area (Å²) in [5, 5.41) is 18.5. The Kier molecular flexibility index (Phi) is 3.65. The zero-order chi connectivity index (χ0) is 13.1. The first-order valence-electron chi connectivity index (χ1n) is 5.35. The second-order valence-corrected chi connectivity index (χ2v) is 4.27. The van der Waals surface area contributed by atoms with Crippen LogP contribution in [-0.2, 0) is 6.61 Å². The van der Waals surface area contributed by atoms with Gasteiger partial charge in [0.05, 0.1) is 12.2 Å². The molecule has 4 heteroatoms. The van der Waals surface area contributed by atoms with Gasteiger partial charge in [0.1, 0.15) is 0 Å². The van der Waals surface area contributed by atoms with Gasteiger partial charge in [-0.05, 0) is 35.4 Å². The van der Waals surface area contributed by atoms with E-state index in [0.717, 1.165) is 11.1 Å². The summed E-state index contributed by atoms with van der Waals surface area (Å²) < 4.78 is 0. The first kappa shape index (κ1) is 12.6. The van der Waals surface area contributed by atoms with E-state index in [1.54, 1.807) is 24.3 Å². The fourth-order valence-corrected chi connectivity index (χ4v) is 1.94. The largest absolute Gasteiger partial charge is 0.478 e. The molecule has 2 aromatic rings. The molecule has 0 bridgehead atoms. The van der Waals surface area contributed by atoms with Crippen LogP contribution in [0, 0.1) is 0 Å². The van der Waals surface area contributed by atoms with Crippen molar-refractivity contribution >= 4 is 17.6 Å². The molecule has 92 valence electrons. The highest BCUT2D eigenvalue weighted by molar-refractivity contribution is 6.33. The monoisotopic (exact) mass is 262 g/mol. The molecule has 0 saturated heterocycles. The molecule has 0 heterocycles. The fourth-order valence-electron chi connectivity index (χ4n) is 1.72.